The number of carbonyl (C=O) groups excluding carboxylic acids is 14. The molecule has 42 heteroatoms. The van der Waals surface area contributed by atoms with Gasteiger partial charge in [-0.15, -0.1) is 79.4 Å². The van der Waals surface area contributed by atoms with Crippen LogP contribution in [0.2, 0.25) is 5.15 Å². The molecule has 2 unspecified atom stereocenters. The van der Waals surface area contributed by atoms with Crippen LogP contribution < -0.4 is 56.8 Å². The first-order valence-corrected chi connectivity index (χ1v) is 54.5. The van der Waals surface area contributed by atoms with Crippen LogP contribution in [0.5, 0.6) is 69.8 Å². The smallest absolute Gasteiger partial charge is 0.257 e. The van der Waals surface area contributed by atoms with Crippen molar-refractivity contribution in [2.45, 2.75) is 173 Å². The molecule has 1 fully saturated rings. The number of halogens is 2. The van der Waals surface area contributed by atoms with Crippen LogP contribution in [0.15, 0.2) is 89.4 Å². The van der Waals surface area contributed by atoms with Crippen LogP contribution in [0.3, 0.4) is 0 Å². The molecule has 15 rings (SSSR count). The Hall–Kier alpha value is -12.5. The van der Waals surface area contributed by atoms with Crippen molar-refractivity contribution in [2.24, 2.45) is 41.4 Å². The van der Waals surface area contributed by atoms with E-state index in [2.05, 4.69) is 50.8 Å². The maximum absolute atomic E-state index is 12.5. The number of ether oxygens (including phenoxy) is 12. The Balaban J connectivity index is 0.000000194. The largest absolute Gasteiger partial charge is 0.493 e. The summed E-state index contributed by atoms with van der Waals surface area (Å²) in [6, 6.07) is 24.9. The lowest BCUT2D eigenvalue weighted by molar-refractivity contribution is -0.121. The van der Waals surface area contributed by atoms with Crippen LogP contribution in [0.1, 0.15) is 241 Å². The number of fused-ring (bicyclic) bond motifs is 7. The SMILES string of the molecule is CCC[C@@H](CC(=O)c1cc2nc(OC)c(OC)cc2s1)C(C)=O.CCC[C@H](CC(=O)c1cc2nc(OC)c(OC)cc2s1)C(C)=O.CC[C@@H](CC(=O)c1cc2nc(OC)c(OC)cc2s1)C(C)=O.CC[C@H](CC(=O)c1cc2nc(OC)c(OC)cc2s1)C(C)=O.COc1cc2sc(C(=O)C3CC3C(C)=O)cc2nc1OC.COc1cc2sc(C(=O)C[C@H](C)C(C)=O)cc2nc1Cl.COc1nc2cc(C(=O)CCC(C)=O)sc2cc1Br. The summed E-state index contributed by atoms with van der Waals surface area (Å²) in [5.74, 6) is 4.56. The van der Waals surface area contributed by atoms with E-state index in [0.29, 0.717) is 156 Å². The number of aromatic nitrogens is 7. The Kier molecular flexibility index (Phi) is 46.1. The summed E-state index contributed by atoms with van der Waals surface area (Å²) >= 11 is 18.9. The molecule has 1 aliphatic carbocycles. The third-order valence-corrected chi connectivity index (χ3v) is 32.8. The number of carbonyl (C=O) groups is 14. The van der Waals surface area contributed by atoms with Crippen LogP contribution in [0.25, 0.3) is 71.5 Å². The van der Waals surface area contributed by atoms with Gasteiger partial charge in [-0.05, 0) is 145 Å². The van der Waals surface area contributed by atoms with Gasteiger partial charge in [0.25, 0.3) is 29.4 Å². The second-order valence-corrected chi connectivity index (χ2v) is 43.5. The van der Waals surface area contributed by atoms with Crippen LogP contribution in [0.4, 0.5) is 0 Å². The van der Waals surface area contributed by atoms with E-state index < -0.39 is 0 Å². The highest BCUT2D eigenvalue weighted by Crippen LogP contribution is 2.46. The van der Waals surface area contributed by atoms with Crippen molar-refractivity contribution in [2.75, 3.05) is 85.3 Å². The van der Waals surface area contributed by atoms with Crippen LogP contribution in [-0.4, -0.2) is 201 Å². The molecule has 0 bridgehead atoms. The van der Waals surface area contributed by atoms with Gasteiger partial charge in [0.2, 0.25) is 5.88 Å². The number of pyridine rings is 7. The minimum atomic E-state index is -0.265. The second-order valence-electron chi connectivity index (χ2n) is 34.7. The average molecular weight is 2270 g/mol. The number of methoxy groups -OCH3 is 12. The summed E-state index contributed by atoms with van der Waals surface area (Å²) in [5.41, 5.74) is 4.90. The summed E-state index contributed by atoms with van der Waals surface area (Å²) < 4.78 is 69.0. The van der Waals surface area contributed by atoms with E-state index in [9.17, 15) is 67.1 Å². The number of ketones is 14. The highest BCUT2D eigenvalue weighted by atomic mass is 79.9. The molecule has 0 radical (unpaired) electrons. The molecule has 14 heterocycles. The average Bonchev–Trinajstić information content (AvgIpc) is 1.61. The molecule has 14 aromatic heterocycles. The van der Waals surface area contributed by atoms with E-state index in [-0.39, 0.29) is 172 Å². The third kappa shape index (κ3) is 32.1. The van der Waals surface area contributed by atoms with Crippen molar-refractivity contribution >= 4 is 259 Å². The van der Waals surface area contributed by atoms with Gasteiger partial charge in [0.05, 0.1) is 195 Å². The Morgan fingerprint density at radius 1 is 0.307 bits per heavy atom. The molecule has 0 aliphatic heterocycles. The van der Waals surface area contributed by atoms with Crippen LogP contribution in [-0.2, 0) is 33.6 Å². The van der Waals surface area contributed by atoms with Crippen molar-refractivity contribution in [3.8, 4) is 69.8 Å². The lowest BCUT2D eigenvalue weighted by Gasteiger charge is -2.10. The predicted molar refractivity (Wildman–Crippen MR) is 591 cm³/mol. The Morgan fingerprint density at radius 2 is 0.560 bits per heavy atom. The molecule has 800 valence electrons. The van der Waals surface area contributed by atoms with E-state index in [1.165, 1.54) is 150 Å². The predicted octanol–water partition coefficient (Wildman–Crippen LogP) is 24.9. The molecular formula is C108H121BrClN7O26S7. The molecule has 1 aliphatic rings. The number of rotatable bonds is 45. The lowest BCUT2D eigenvalue weighted by Crippen LogP contribution is -2.15. The van der Waals surface area contributed by atoms with Crippen LogP contribution in [0, 0.1) is 41.4 Å². The fourth-order valence-electron chi connectivity index (χ4n) is 15.3. The summed E-state index contributed by atoms with van der Waals surface area (Å²) in [4.78, 5) is 200. The van der Waals surface area contributed by atoms with E-state index in [1.54, 1.807) is 119 Å². The fourth-order valence-corrected chi connectivity index (χ4v) is 23.1. The number of hydrogen-bond donors (Lipinski definition) is 0. The monoisotopic (exact) mass is 2270 g/mol. The van der Waals surface area contributed by atoms with E-state index >= 15 is 0 Å². The highest BCUT2D eigenvalue weighted by Gasteiger charge is 2.47. The van der Waals surface area contributed by atoms with Crippen molar-refractivity contribution in [3.63, 3.8) is 0 Å². The van der Waals surface area contributed by atoms with Crippen molar-refractivity contribution < 1.29 is 124 Å². The molecule has 14 aromatic rings. The molecule has 0 amide bonds. The number of hydrogen-bond acceptors (Lipinski definition) is 40. The Bertz CT molecular complexity index is 6870. The topological polar surface area (TPSA) is 440 Å². The molecule has 150 heavy (non-hydrogen) atoms. The van der Waals surface area contributed by atoms with Gasteiger partial charge < -0.3 is 61.6 Å². The summed E-state index contributed by atoms with van der Waals surface area (Å²) in [6.07, 6.45) is 7.02. The molecule has 33 nitrogen and oxygen atoms in total. The number of nitrogens with zero attached hydrogens (tertiary/aromatic N) is 7. The number of thiophene rings is 7. The molecule has 0 N–H and O–H groups in total. The zero-order valence-electron chi connectivity index (χ0n) is 87.9. The first kappa shape index (κ1) is 121. The standard InChI is InChI=1S/2C17H21NO4S.2C16H19NO4S.C15H15NO4S.C14H14ClNO3S.C13H12BrNO3S/c2*1-5-6-11(10(2)19)7-13(20)16-8-12-15(23-16)9-14(21-3)17(18-12)22-4;2*1-5-10(9(2)18)6-12(19)15-7-11-14(22-15)8-13(20-3)16(17-11)21-4;1-7(17)8-4-9(8)14(18)13-5-10-12(21-13)6-11(19-2)15(16-10)20-3;1-7(8(2)17)4-10(18)13-5-9-12(20-13)6-11(19-3)14(15)16-9;1-7(16)3-4-10(17)12-6-9-11(19-12)5-8(14)13(15-9)18-2/h2*8-9,11H,5-7H2,1-4H3;2*7-8,10H,5-6H2,1-4H3;5-6,8-9H,4H2,1-3H3;5-7H,4H2,1-3H3;5-6H,3-4H2,1-2H3/t2*11-;2*10-;;7-;/m1010.0./s1. The van der Waals surface area contributed by atoms with Crippen molar-refractivity contribution in [1.29, 1.82) is 0 Å². The second kappa shape index (κ2) is 57.1. The maximum atomic E-state index is 12.5. The zero-order chi connectivity index (χ0) is 111. The molecule has 7 atom stereocenters. The van der Waals surface area contributed by atoms with Crippen molar-refractivity contribution in [3.05, 3.63) is 129 Å². The van der Waals surface area contributed by atoms with Gasteiger partial charge in [-0.3, -0.25) is 62.3 Å². The Morgan fingerprint density at radius 3 is 0.813 bits per heavy atom. The minimum absolute atomic E-state index is 0.0143. The van der Waals surface area contributed by atoms with E-state index in [0.717, 1.165) is 68.6 Å². The van der Waals surface area contributed by atoms with Crippen LogP contribution >= 0.6 is 107 Å². The van der Waals surface area contributed by atoms with Gasteiger partial charge in [0, 0.05) is 123 Å². The van der Waals surface area contributed by atoms with Crippen molar-refractivity contribution in [1.82, 2.24) is 34.9 Å². The molecule has 0 spiro atoms. The molecule has 0 saturated heterocycles. The Labute approximate surface area is 909 Å². The van der Waals surface area contributed by atoms with E-state index in [4.69, 9.17) is 68.4 Å². The maximum Gasteiger partial charge on any atom is 0.257 e. The first-order chi connectivity index (χ1) is 71.4. The van der Waals surface area contributed by atoms with Gasteiger partial charge in [0.1, 0.15) is 40.5 Å². The molecule has 0 aromatic carbocycles. The summed E-state index contributed by atoms with van der Waals surface area (Å²) in [6.45, 7) is 20.3. The summed E-state index contributed by atoms with van der Waals surface area (Å²) in [7, 11) is 18.4. The lowest BCUT2D eigenvalue weighted by atomic mass is 9.93. The summed E-state index contributed by atoms with van der Waals surface area (Å²) in [5, 5.41) is 0.272. The third-order valence-electron chi connectivity index (χ3n) is 24.2. The molecule has 1 saturated carbocycles. The minimum Gasteiger partial charge on any atom is -0.493 e. The first-order valence-electron chi connectivity index (χ1n) is 47.6. The van der Waals surface area contributed by atoms with Gasteiger partial charge in [-0.1, -0.05) is 59.1 Å². The normalized spacial score (nSPS) is 13.2. The van der Waals surface area contributed by atoms with Gasteiger partial charge >= 0.3 is 0 Å². The fraction of sp³-hybridized carbons (Fsp3) is 0.417. The van der Waals surface area contributed by atoms with Gasteiger partial charge in [0.15, 0.2) is 80.1 Å². The zero-order valence-corrected chi connectivity index (χ0v) is 95.9. The quantitative estimate of drug-likeness (QED) is 0.0253. The van der Waals surface area contributed by atoms with Gasteiger partial charge in [-0.2, -0.15) is 0 Å². The molecular weight excluding hydrogens is 2150 g/mol. The van der Waals surface area contributed by atoms with E-state index in [1.807, 2.05) is 64.1 Å². The highest BCUT2D eigenvalue weighted by molar-refractivity contribution is 9.10. The van der Waals surface area contributed by atoms with Gasteiger partial charge in [-0.25, -0.2) is 34.9 Å². The number of Topliss-reactive ketones (excluding diaryl/α,β-unsaturated/α-hetero) is 14.